The van der Waals surface area contributed by atoms with Crippen LogP contribution in [0.1, 0.15) is 18.1 Å². The first-order chi connectivity index (χ1) is 13.0. The van der Waals surface area contributed by atoms with Gasteiger partial charge in [-0.25, -0.2) is 0 Å². The van der Waals surface area contributed by atoms with Crippen LogP contribution in [0.3, 0.4) is 0 Å². The lowest BCUT2D eigenvalue weighted by Gasteiger charge is -2.31. The first-order valence-corrected chi connectivity index (χ1v) is 10.3. The summed E-state index contributed by atoms with van der Waals surface area (Å²) in [7, 11) is -3.86. The molecule has 3 aromatic rings. The molecule has 0 aliphatic carbocycles. The Balaban J connectivity index is 1.99. The van der Waals surface area contributed by atoms with Crippen LogP contribution >= 0.6 is 11.6 Å². The number of halogens is 1. The molecule has 4 rings (SSSR count). The predicted molar refractivity (Wildman–Crippen MR) is 107 cm³/mol. The molecule has 0 saturated heterocycles. The molecule has 27 heavy (non-hydrogen) atoms. The summed E-state index contributed by atoms with van der Waals surface area (Å²) in [5, 5.41) is 0.571. The lowest BCUT2D eigenvalue weighted by Crippen LogP contribution is -2.32. The van der Waals surface area contributed by atoms with Crippen molar-refractivity contribution in [3.8, 4) is 0 Å². The van der Waals surface area contributed by atoms with E-state index in [1.54, 1.807) is 36.5 Å². The van der Waals surface area contributed by atoms with Crippen LogP contribution in [0.2, 0.25) is 5.02 Å². The van der Waals surface area contributed by atoms with Gasteiger partial charge >= 0.3 is 0 Å². The van der Waals surface area contributed by atoms with Crippen LogP contribution < -0.4 is 4.90 Å². The predicted octanol–water partition coefficient (Wildman–Crippen LogP) is 4.58. The smallest absolute Gasteiger partial charge is 0.287 e. The number of pyridine rings is 1. The number of nitrogens with zero attached hydrogens (tertiary/aromatic N) is 3. The molecule has 0 N–H and O–H groups in total. The Kier molecular flexibility index (Phi) is 4.45. The number of hydrogen-bond donors (Lipinski definition) is 0. The molecule has 0 saturated carbocycles. The van der Waals surface area contributed by atoms with Crippen molar-refractivity contribution in [2.75, 3.05) is 4.90 Å². The molecule has 1 aliphatic heterocycles. The van der Waals surface area contributed by atoms with E-state index in [0.717, 1.165) is 17.7 Å². The molecule has 0 amide bonds. The van der Waals surface area contributed by atoms with E-state index in [1.165, 1.54) is 6.20 Å². The van der Waals surface area contributed by atoms with Gasteiger partial charge in [0.1, 0.15) is 4.90 Å². The van der Waals surface area contributed by atoms with Gasteiger partial charge in [-0.3, -0.25) is 9.88 Å². The largest absolute Gasteiger partial charge is 0.292 e. The first-order valence-electron chi connectivity index (χ1n) is 8.43. The van der Waals surface area contributed by atoms with E-state index in [2.05, 4.69) is 16.3 Å². The molecule has 2 aromatic carbocycles. The summed E-state index contributed by atoms with van der Waals surface area (Å²) in [5.74, 6) is 0.332. The molecular formula is C20H16ClN3O2S. The summed E-state index contributed by atoms with van der Waals surface area (Å²) in [4.78, 5) is 5.91. The summed E-state index contributed by atoms with van der Waals surface area (Å²) in [5.41, 5.74) is 3.17. The van der Waals surface area contributed by atoms with Gasteiger partial charge in [0.15, 0.2) is 5.84 Å². The van der Waals surface area contributed by atoms with Gasteiger partial charge in [-0.1, -0.05) is 30.7 Å². The van der Waals surface area contributed by atoms with Gasteiger partial charge in [0.25, 0.3) is 10.0 Å². The Morgan fingerprint density at radius 2 is 1.85 bits per heavy atom. The second kappa shape index (κ2) is 6.79. The lowest BCUT2D eigenvalue weighted by molar-refractivity contribution is 0.597. The highest BCUT2D eigenvalue weighted by molar-refractivity contribution is 7.90. The third-order valence-corrected chi connectivity index (χ3v) is 5.92. The van der Waals surface area contributed by atoms with E-state index >= 15 is 0 Å². The summed E-state index contributed by atoms with van der Waals surface area (Å²) in [6, 6.07) is 16.6. The van der Waals surface area contributed by atoms with E-state index in [-0.39, 0.29) is 4.90 Å². The highest BCUT2D eigenvalue weighted by Crippen LogP contribution is 2.38. The van der Waals surface area contributed by atoms with E-state index < -0.39 is 10.0 Å². The van der Waals surface area contributed by atoms with Crippen molar-refractivity contribution in [1.82, 2.24) is 4.98 Å². The Morgan fingerprint density at radius 1 is 1.07 bits per heavy atom. The van der Waals surface area contributed by atoms with Crippen LogP contribution in [0, 0.1) is 0 Å². The Bertz CT molecular complexity index is 1140. The van der Waals surface area contributed by atoms with Crippen LogP contribution in [0.25, 0.3) is 0 Å². The van der Waals surface area contributed by atoms with Gasteiger partial charge in [0.05, 0.1) is 5.69 Å². The minimum Gasteiger partial charge on any atom is -0.292 e. The topological polar surface area (TPSA) is 62.6 Å². The fourth-order valence-electron chi connectivity index (χ4n) is 3.03. The highest BCUT2D eigenvalue weighted by atomic mass is 35.5. The van der Waals surface area contributed by atoms with Crippen LogP contribution in [0.4, 0.5) is 11.4 Å². The van der Waals surface area contributed by atoms with Crippen LogP contribution in [0.5, 0.6) is 0 Å². The number of hydrogen-bond acceptors (Lipinski definition) is 4. The van der Waals surface area contributed by atoms with Gasteiger partial charge < -0.3 is 0 Å². The summed E-state index contributed by atoms with van der Waals surface area (Å²) in [6.45, 7) is 2.08. The molecule has 1 aromatic heterocycles. The van der Waals surface area contributed by atoms with Crippen molar-refractivity contribution in [3.63, 3.8) is 0 Å². The van der Waals surface area contributed by atoms with Crippen molar-refractivity contribution in [2.24, 2.45) is 4.40 Å². The van der Waals surface area contributed by atoms with Crippen molar-refractivity contribution in [3.05, 3.63) is 83.1 Å². The molecule has 0 unspecified atom stereocenters. The first kappa shape index (κ1) is 17.7. The average molecular weight is 398 g/mol. The highest BCUT2D eigenvalue weighted by Gasteiger charge is 2.32. The van der Waals surface area contributed by atoms with E-state index in [1.807, 2.05) is 29.2 Å². The van der Waals surface area contributed by atoms with E-state index in [9.17, 15) is 8.42 Å². The molecule has 5 nitrogen and oxygen atoms in total. The normalized spacial score (nSPS) is 15.2. The molecule has 136 valence electrons. The third-order valence-electron chi connectivity index (χ3n) is 4.38. The number of amidine groups is 1. The number of fused-ring (bicyclic) bond motifs is 1. The Labute approximate surface area is 163 Å². The molecular weight excluding hydrogens is 382 g/mol. The molecule has 0 atom stereocenters. The maximum absolute atomic E-state index is 12.7. The van der Waals surface area contributed by atoms with Gasteiger partial charge in [-0.2, -0.15) is 8.42 Å². The molecule has 0 bridgehead atoms. The quantitative estimate of drug-likeness (QED) is 0.648. The maximum atomic E-state index is 12.7. The number of rotatable bonds is 3. The van der Waals surface area contributed by atoms with Crippen LogP contribution in [0.15, 0.2) is 76.3 Å². The lowest BCUT2D eigenvalue weighted by atomic mass is 10.1. The fraction of sp³-hybridized carbons (Fsp3) is 0.100. The van der Waals surface area contributed by atoms with Crippen LogP contribution in [-0.4, -0.2) is 19.2 Å². The standard InChI is InChI=1S/C20H16ClN3O2S/c1-2-14-4-3-5-17(12-14)24-18-10-11-22-13-19(18)27(25,26)23-20(24)15-6-8-16(21)9-7-15/h3-13H,2H2,1H3. The molecule has 0 fully saturated rings. The fourth-order valence-corrected chi connectivity index (χ4v) is 4.29. The van der Waals surface area contributed by atoms with E-state index in [0.29, 0.717) is 22.1 Å². The zero-order valence-corrected chi connectivity index (χ0v) is 16.1. The minimum absolute atomic E-state index is 0.0876. The monoisotopic (exact) mass is 397 g/mol. The van der Waals surface area contributed by atoms with Gasteiger partial charge in [0, 0.05) is 28.7 Å². The van der Waals surface area contributed by atoms with Crippen molar-refractivity contribution >= 4 is 38.8 Å². The summed E-state index contributed by atoms with van der Waals surface area (Å²) < 4.78 is 29.6. The van der Waals surface area contributed by atoms with Crippen molar-refractivity contribution in [1.29, 1.82) is 0 Å². The second-order valence-corrected chi connectivity index (χ2v) is 8.11. The Morgan fingerprint density at radius 3 is 2.59 bits per heavy atom. The molecule has 0 radical (unpaired) electrons. The zero-order chi connectivity index (χ0) is 19.0. The summed E-state index contributed by atoms with van der Waals surface area (Å²) >= 11 is 6.00. The Hall–Kier alpha value is -2.70. The van der Waals surface area contributed by atoms with Gasteiger partial charge in [-0.15, -0.1) is 4.40 Å². The van der Waals surface area contributed by atoms with E-state index in [4.69, 9.17) is 11.6 Å². The zero-order valence-electron chi connectivity index (χ0n) is 14.5. The SMILES string of the molecule is CCc1cccc(N2C(c3ccc(Cl)cc3)=NS(=O)(=O)c3cnccc32)c1. The van der Waals surface area contributed by atoms with Crippen molar-refractivity contribution in [2.45, 2.75) is 18.2 Å². The minimum atomic E-state index is -3.86. The molecule has 7 heteroatoms. The molecule has 1 aliphatic rings. The van der Waals surface area contributed by atoms with Gasteiger partial charge in [-0.05, 0) is 54.4 Å². The number of anilines is 2. The van der Waals surface area contributed by atoms with Crippen LogP contribution in [-0.2, 0) is 16.4 Å². The van der Waals surface area contributed by atoms with Gasteiger partial charge in [0.2, 0.25) is 0 Å². The second-order valence-electron chi connectivity index (χ2n) is 6.10. The maximum Gasteiger partial charge on any atom is 0.287 e. The summed E-state index contributed by atoms with van der Waals surface area (Å²) in [6.07, 6.45) is 3.79. The number of sulfonamides is 1. The molecule has 0 spiro atoms. The number of aromatic nitrogens is 1. The van der Waals surface area contributed by atoms with Crippen molar-refractivity contribution < 1.29 is 8.42 Å². The molecule has 2 heterocycles. The third kappa shape index (κ3) is 3.22. The average Bonchev–Trinajstić information content (AvgIpc) is 2.68. The number of aryl methyl sites for hydroxylation is 1. The number of benzene rings is 2.